The minimum absolute atomic E-state index is 0.0575. The van der Waals surface area contributed by atoms with Crippen molar-refractivity contribution in [3.63, 3.8) is 0 Å². The first-order valence-electron chi connectivity index (χ1n) is 11.5. The molecule has 2 bridgehead atoms. The lowest BCUT2D eigenvalue weighted by atomic mass is 9.96. The van der Waals surface area contributed by atoms with Gasteiger partial charge in [-0.25, -0.2) is 9.48 Å². The van der Waals surface area contributed by atoms with Crippen molar-refractivity contribution in [3.05, 3.63) is 40.3 Å². The topological polar surface area (TPSA) is 97.1 Å². The zero-order valence-corrected chi connectivity index (χ0v) is 19.0. The summed E-state index contributed by atoms with van der Waals surface area (Å²) in [4.78, 5) is 39.8. The third kappa shape index (κ3) is 4.39. The molecule has 2 unspecified atom stereocenters. The van der Waals surface area contributed by atoms with E-state index in [0.29, 0.717) is 18.6 Å². The Morgan fingerprint density at radius 1 is 1.22 bits per heavy atom. The summed E-state index contributed by atoms with van der Waals surface area (Å²) in [7, 11) is 1.36. The number of hydrogen-bond donors (Lipinski definition) is 2. The fourth-order valence-corrected chi connectivity index (χ4v) is 5.32. The standard InChI is InChI=1S/C23H33N5O4/c1-15(2)28-22(30)20(14-19-6-4-11-27(19)28)21(29)25-16-12-17-7-8-18(13-16)26(17)10-5-9-24-23(31)32-3/h4,6,11,14-18H,5,7-10,12-13H2,1-3H3,(H,24,31)(H,25,29). The van der Waals surface area contributed by atoms with Crippen LogP contribution in [0.5, 0.6) is 0 Å². The normalized spacial score (nSPS) is 22.9. The Hall–Kier alpha value is -2.81. The Kier molecular flexibility index (Phi) is 6.55. The molecule has 32 heavy (non-hydrogen) atoms. The van der Waals surface area contributed by atoms with E-state index in [9.17, 15) is 14.4 Å². The zero-order valence-electron chi connectivity index (χ0n) is 19.0. The second-order valence-corrected chi connectivity index (χ2v) is 9.12. The number of nitrogens with zero attached hydrogens (tertiary/aromatic N) is 3. The molecule has 0 aliphatic carbocycles. The van der Waals surface area contributed by atoms with Gasteiger partial charge in [0.2, 0.25) is 0 Å². The summed E-state index contributed by atoms with van der Waals surface area (Å²) in [6.45, 7) is 5.39. The summed E-state index contributed by atoms with van der Waals surface area (Å²) < 4.78 is 8.03. The quantitative estimate of drug-likeness (QED) is 0.639. The van der Waals surface area contributed by atoms with Crippen molar-refractivity contribution < 1.29 is 14.3 Å². The number of carbonyl (C=O) groups excluding carboxylic acids is 2. The summed E-state index contributed by atoms with van der Waals surface area (Å²) in [5.41, 5.74) is 0.771. The molecule has 0 spiro atoms. The number of piperidine rings is 1. The second-order valence-electron chi connectivity index (χ2n) is 9.12. The van der Waals surface area contributed by atoms with Crippen molar-refractivity contribution in [1.29, 1.82) is 0 Å². The summed E-state index contributed by atoms with van der Waals surface area (Å²) in [6.07, 6.45) is 6.33. The predicted molar refractivity (Wildman–Crippen MR) is 121 cm³/mol. The van der Waals surface area contributed by atoms with Gasteiger partial charge in [-0.2, -0.15) is 0 Å². The number of ether oxygens (including phenoxy) is 1. The highest BCUT2D eigenvalue weighted by Gasteiger charge is 2.40. The Bertz CT molecular complexity index is 1030. The van der Waals surface area contributed by atoms with E-state index in [-0.39, 0.29) is 29.1 Å². The maximum Gasteiger partial charge on any atom is 0.406 e. The highest BCUT2D eigenvalue weighted by Crippen LogP contribution is 2.35. The van der Waals surface area contributed by atoms with Crippen molar-refractivity contribution in [2.75, 3.05) is 20.2 Å². The SMILES string of the molecule is COC(=O)NCCCN1C2CCC1CC(NC(=O)c1cc3cccn3n(C(C)C)c1=O)C2. The molecule has 174 valence electrons. The van der Waals surface area contributed by atoms with Crippen LogP contribution >= 0.6 is 0 Å². The number of hydrogen-bond acceptors (Lipinski definition) is 5. The van der Waals surface area contributed by atoms with Crippen LogP contribution in [0.4, 0.5) is 4.79 Å². The molecule has 4 heterocycles. The second kappa shape index (κ2) is 9.36. The van der Waals surface area contributed by atoms with Crippen LogP contribution in [-0.4, -0.2) is 64.4 Å². The number of carbonyl (C=O) groups is 2. The van der Waals surface area contributed by atoms with E-state index in [1.807, 2.05) is 32.2 Å². The fourth-order valence-electron chi connectivity index (χ4n) is 5.32. The van der Waals surface area contributed by atoms with Gasteiger partial charge in [-0.3, -0.25) is 19.0 Å². The van der Waals surface area contributed by atoms with E-state index in [4.69, 9.17) is 0 Å². The van der Waals surface area contributed by atoms with E-state index < -0.39 is 6.09 Å². The number of nitrogens with one attached hydrogen (secondary N) is 2. The van der Waals surface area contributed by atoms with Crippen molar-refractivity contribution in [1.82, 2.24) is 24.7 Å². The van der Waals surface area contributed by atoms with Gasteiger partial charge in [-0.1, -0.05) is 0 Å². The van der Waals surface area contributed by atoms with Crippen LogP contribution in [0.25, 0.3) is 5.52 Å². The molecule has 2 amide bonds. The Morgan fingerprint density at radius 2 is 1.94 bits per heavy atom. The highest BCUT2D eigenvalue weighted by atomic mass is 16.5. The van der Waals surface area contributed by atoms with E-state index in [1.165, 1.54) is 7.11 Å². The van der Waals surface area contributed by atoms with Gasteiger partial charge in [-0.15, -0.1) is 0 Å². The number of alkyl carbamates (subject to hydrolysis) is 1. The summed E-state index contributed by atoms with van der Waals surface area (Å²) >= 11 is 0. The summed E-state index contributed by atoms with van der Waals surface area (Å²) in [5.74, 6) is -0.284. The molecule has 2 N–H and O–H groups in total. The largest absolute Gasteiger partial charge is 0.453 e. The van der Waals surface area contributed by atoms with Crippen molar-refractivity contribution in [2.24, 2.45) is 0 Å². The number of amides is 2. The van der Waals surface area contributed by atoms with Gasteiger partial charge in [0.05, 0.1) is 12.6 Å². The van der Waals surface area contributed by atoms with E-state index in [2.05, 4.69) is 20.3 Å². The molecule has 9 heteroatoms. The molecule has 2 saturated heterocycles. The molecule has 2 aromatic heterocycles. The lowest BCUT2D eigenvalue weighted by Gasteiger charge is -2.39. The third-order valence-electron chi connectivity index (χ3n) is 6.72. The highest BCUT2D eigenvalue weighted by molar-refractivity contribution is 5.95. The molecule has 0 saturated carbocycles. The van der Waals surface area contributed by atoms with Crippen molar-refractivity contribution >= 4 is 17.5 Å². The number of rotatable bonds is 7. The van der Waals surface area contributed by atoms with Crippen molar-refractivity contribution in [3.8, 4) is 0 Å². The van der Waals surface area contributed by atoms with Crippen LogP contribution in [-0.2, 0) is 4.74 Å². The van der Waals surface area contributed by atoms with Crippen LogP contribution < -0.4 is 16.2 Å². The van der Waals surface area contributed by atoms with E-state index >= 15 is 0 Å². The number of aromatic nitrogens is 2. The smallest absolute Gasteiger partial charge is 0.406 e. The van der Waals surface area contributed by atoms with Crippen LogP contribution in [0.1, 0.15) is 62.4 Å². The van der Waals surface area contributed by atoms with E-state index in [0.717, 1.165) is 44.2 Å². The first kappa shape index (κ1) is 22.4. The van der Waals surface area contributed by atoms with Gasteiger partial charge in [0.25, 0.3) is 11.5 Å². The molecule has 0 radical (unpaired) electrons. The molecule has 2 aliphatic rings. The molecule has 4 rings (SSSR count). The molecule has 9 nitrogen and oxygen atoms in total. The van der Waals surface area contributed by atoms with Gasteiger partial charge >= 0.3 is 6.09 Å². The van der Waals surface area contributed by atoms with Gasteiger partial charge in [0.15, 0.2) is 0 Å². The maximum atomic E-state index is 13.1. The summed E-state index contributed by atoms with van der Waals surface area (Å²) in [6, 6.07) is 6.34. The van der Waals surface area contributed by atoms with Gasteiger partial charge in [0, 0.05) is 43.5 Å². The van der Waals surface area contributed by atoms with Crippen molar-refractivity contribution in [2.45, 2.75) is 70.1 Å². The van der Waals surface area contributed by atoms with Crippen LogP contribution in [0.3, 0.4) is 0 Å². The molecular weight excluding hydrogens is 410 g/mol. The predicted octanol–water partition coefficient (Wildman–Crippen LogP) is 2.15. The van der Waals surface area contributed by atoms with Gasteiger partial charge < -0.3 is 15.4 Å². The van der Waals surface area contributed by atoms with Crippen LogP contribution in [0, 0.1) is 0 Å². The van der Waals surface area contributed by atoms with Crippen LogP contribution in [0.15, 0.2) is 29.2 Å². The fraction of sp³-hybridized carbons (Fsp3) is 0.609. The third-order valence-corrected chi connectivity index (χ3v) is 6.72. The lowest BCUT2D eigenvalue weighted by Crippen LogP contribution is -2.51. The molecule has 2 atom stereocenters. The van der Waals surface area contributed by atoms with Gasteiger partial charge in [0.1, 0.15) is 5.56 Å². The minimum Gasteiger partial charge on any atom is -0.453 e. The Labute approximate surface area is 187 Å². The van der Waals surface area contributed by atoms with Crippen LogP contribution in [0.2, 0.25) is 0 Å². The van der Waals surface area contributed by atoms with E-state index in [1.54, 1.807) is 15.3 Å². The molecular formula is C23H33N5O4. The number of methoxy groups -OCH3 is 1. The zero-order chi connectivity index (χ0) is 22.8. The average molecular weight is 444 g/mol. The summed E-state index contributed by atoms with van der Waals surface area (Å²) in [5, 5.41) is 5.87. The first-order valence-corrected chi connectivity index (χ1v) is 11.5. The lowest BCUT2D eigenvalue weighted by molar-refractivity contribution is 0.0841. The molecule has 2 aliphatic heterocycles. The maximum absolute atomic E-state index is 13.1. The molecule has 2 fully saturated rings. The molecule has 2 aromatic rings. The average Bonchev–Trinajstić information content (AvgIpc) is 3.31. The molecule has 0 aromatic carbocycles. The first-order chi connectivity index (χ1) is 15.4. The Balaban J connectivity index is 1.39. The Morgan fingerprint density at radius 3 is 2.59 bits per heavy atom. The monoisotopic (exact) mass is 443 g/mol. The van der Waals surface area contributed by atoms with Gasteiger partial charge in [-0.05, 0) is 64.2 Å². The number of fused-ring (bicyclic) bond motifs is 3. The minimum atomic E-state index is -0.399.